The molecule has 0 radical (unpaired) electrons. The average Bonchev–Trinajstić information content (AvgIpc) is 1.82. The zero-order chi connectivity index (χ0) is 7.28. The van der Waals surface area contributed by atoms with Crippen molar-refractivity contribution in [3.05, 3.63) is 0 Å². The van der Waals surface area contributed by atoms with Crippen molar-refractivity contribution in [1.82, 2.24) is 0 Å². The average molecular weight is 146 g/mol. The molecule has 0 heterocycles. The van der Waals surface area contributed by atoms with Gasteiger partial charge in [-0.25, -0.2) is 17.6 Å². The van der Waals surface area contributed by atoms with Gasteiger partial charge in [0.15, 0.2) is 0 Å². The van der Waals surface area contributed by atoms with Crippen LogP contribution in [0.1, 0.15) is 0 Å². The molecule has 1 unspecified atom stereocenters. The molecule has 0 aliphatic carbocycles. The summed E-state index contributed by atoms with van der Waals surface area (Å²) in [5, 5.41) is 0. The van der Waals surface area contributed by atoms with Crippen molar-refractivity contribution in [3.8, 4) is 0 Å². The highest BCUT2D eigenvalue weighted by molar-refractivity contribution is 4.41. The van der Waals surface area contributed by atoms with Gasteiger partial charge in [-0.2, -0.15) is 0 Å². The van der Waals surface area contributed by atoms with Crippen LogP contribution in [0.3, 0.4) is 0 Å². The molecule has 5 heteroatoms. The quantitative estimate of drug-likeness (QED) is 0.546. The van der Waals surface area contributed by atoms with Gasteiger partial charge in [-0.3, -0.25) is 0 Å². The minimum absolute atomic E-state index is 0.620. The maximum atomic E-state index is 11.6. The summed E-state index contributed by atoms with van der Waals surface area (Å²) in [6.07, 6.45) is -5.84. The molecule has 0 aromatic rings. The third-order valence-electron chi connectivity index (χ3n) is 0.552. The van der Waals surface area contributed by atoms with Crippen molar-refractivity contribution in [2.45, 2.75) is 12.8 Å². The van der Waals surface area contributed by atoms with Gasteiger partial charge in [0.05, 0.1) is 6.61 Å². The lowest BCUT2D eigenvalue weighted by atomic mass is 10.7. The second-order valence-electron chi connectivity index (χ2n) is 1.25. The molecule has 0 saturated carbocycles. The standard InChI is InChI=1S/C4H6F4O/c5-1-2-9-4(8)3(6)7/h3-4H,1-2H2. The van der Waals surface area contributed by atoms with E-state index in [0.717, 1.165) is 0 Å². The molecule has 0 aliphatic heterocycles. The highest BCUT2D eigenvalue weighted by atomic mass is 19.3. The van der Waals surface area contributed by atoms with E-state index in [9.17, 15) is 17.6 Å². The smallest absolute Gasteiger partial charge is 0.293 e. The lowest BCUT2D eigenvalue weighted by molar-refractivity contribution is -0.130. The molecule has 0 amide bonds. The molecule has 1 nitrogen and oxygen atoms in total. The molecular weight excluding hydrogens is 140 g/mol. The highest BCUT2D eigenvalue weighted by Crippen LogP contribution is 2.05. The third kappa shape index (κ3) is 4.20. The van der Waals surface area contributed by atoms with Gasteiger partial charge in [-0.15, -0.1) is 0 Å². The maximum absolute atomic E-state index is 11.6. The summed E-state index contributed by atoms with van der Waals surface area (Å²) in [4.78, 5) is 0. The fourth-order valence-corrected chi connectivity index (χ4v) is 0.230. The van der Waals surface area contributed by atoms with Crippen LogP contribution in [0.5, 0.6) is 0 Å². The Bertz CT molecular complexity index is 67.6. The summed E-state index contributed by atoms with van der Waals surface area (Å²) in [7, 11) is 0. The Kier molecular flexibility index (Phi) is 4.39. The SMILES string of the molecule is FCCOC(F)C(F)F. The lowest BCUT2D eigenvalue weighted by Gasteiger charge is -2.04. The van der Waals surface area contributed by atoms with Gasteiger partial charge < -0.3 is 4.74 Å². The van der Waals surface area contributed by atoms with Crippen molar-refractivity contribution < 1.29 is 22.3 Å². The van der Waals surface area contributed by atoms with Crippen LogP contribution in [0.15, 0.2) is 0 Å². The Morgan fingerprint density at radius 1 is 1.22 bits per heavy atom. The van der Waals surface area contributed by atoms with E-state index in [2.05, 4.69) is 4.74 Å². The number of hydrogen-bond acceptors (Lipinski definition) is 1. The number of alkyl halides is 4. The van der Waals surface area contributed by atoms with Crippen LogP contribution in [0.2, 0.25) is 0 Å². The van der Waals surface area contributed by atoms with Crippen LogP contribution >= 0.6 is 0 Å². The van der Waals surface area contributed by atoms with E-state index in [1.165, 1.54) is 0 Å². The first-order valence-electron chi connectivity index (χ1n) is 2.28. The second kappa shape index (κ2) is 4.55. The van der Waals surface area contributed by atoms with Crippen molar-refractivity contribution in [2.24, 2.45) is 0 Å². The highest BCUT2D eigenvalue weighted by Gasteiger charge is 2.18. The molecule has 0 N–H and O–H groups in total. The monoisotopic (exact) mass is 146 g/mol. The van der Waals surface area contributed by atoms with Crippen molar-refractivity contribution in [3.63, 3.8) is 0 Å². The van der Waals surface area contributed by atoms with Gasteiger partial charge >= 0.3 is 0 Å². The van der Waals surface area contributed by atoms with Crippen LogP contribution in [0.4, 0.5) is 17.6 Å². The van der Waals surface area contributed by atoms with Gasteiger partial charge in [0, 0.05) is 0 Å². The topological polar surface area (TPSA) is 9.23 Å². The molecule has 0 rings (SSSR count). The summed E-state index contributed by atoms with van der Waals surface area (Å²) in [6, 6.07) is 0. The summed E-state index contributed by atoms with van der Waals surface area (Å²) in [6.45, 7) is -1.57. The number of halogens is 4. The number of ether oxygens (including phenoxy) is 1. The largest absolute Gasteiger partial charge is 0.341 e. The minimum Gasteiger partial charge on any atom is -0.341 e. The van der Waals surface area contributed by atoms with Gasteiger partial charge in [0.25, 0.3) is 12.8 Å². The molecule has 0 bridgehead atoms. The number of hydrogen-bond donors (Lipinski definition) is 0. The van der Waals surface area contributed by atoms with E-state index in [1.807, 2.05) is 0 Å². The van der Waals surface area contributed by atoms with Crippen LogP contribution in [-0.4, -0.2) is 26.1 Å². The van der Waals surface area contributed by atoms with Gasteiger partial charge in [-0.1, -0.05) is 0 Å². The summed E-state index contributed by atoms with van der Waals surface area (Å²) in [5.74, 6) is 0. The third-order valence-corrected chi connectivity index (χ3v) is 0.552. The normalized spacial score (nSPS) is 14.3. The van der Waals surface area contributed by atoms with E-state index in [4.69, 9.17) is 0 Å². The fourth-order valence-electron chi connectivity index (χ4n) is 0.230. The Morgan fingerprint density at radius 2 is 1.78 bits per heavy atom. The van der Waals surface area contributed by atoms with Crippen LogP contribution in [0.25, 0.3) is 0 Å². The molecule has 56 valence electrons. The number of rotatable bonds is 4. The van der Waals surface area contributed by atoms with E-state index < -0.39 is 26.1 Å². The zero-order valence-corrected chi connectivity index (χ0v) is 4.49. The molecule has 0 spiro atoms. The summed E-state index contributed by atoms with van der Waals surface area (Å²) in [5.41, 5.74) is 0. The van der Waals surface area contributed by atoms with E-state index in [0.29, 0.717) is 0 Å². The predicted octanol–water partition coefficient (Wildman–Crippen LogP) is 1.53. The fraction of sp³-hybridized carbons (Fsp3) is 1.00. The van der Waals surface area contributed by atoms with E-state index >= 15 is 0 Å². The Balaban J connectivity index is 3.16. The summed E-state index contributed by atoms with van der Waals surface area (Å²) < 4.78 is 48.6. The molecular formula is C4H6F4O. The molecule has 9 heavy (non-hydrogen) atoms. The van der Waals surface area contributed by atoms with Crippen LogP contribution in [0, 0.1) is 0 Å². The molecule has 0 saturated heterocycles. The van der Waals surface area contributed by atoms with E-state index in [1.54, 1.807) is 0 Å². The van der Waals surface area contributed by atoms with Crippen LogP contribution < -0.4 is 0 Å². The Morgan fingerprint density at radius 3 is 2.11 bits per heavy atom. The van der Waals surface area contributed by atoms with Gasteiger partial charge in [0.1, 0.15) is 6.67 Å². The van der Waals surface area contributed by atoms with Crippen LogP contribution in [-0.2, 0) is 4.74 Å². The van der Waals surface area contributed by atoms with E-state index in [-0.39, 0.29) is 0 Å². The summed E-state index contributed by atoms with van der Waals surface area (Å²) >= 11 is 0. The van der Waals surface area contributed by atoms with Gasteiger partial charge in [0.2, 0.25) is 0 Å². The molecule has 1 atom stereocenters. The predicted molar refractivity (Wildman–Crippen MR) is 22.8 cm³/mol. The molecule has 0 aliphatic rings. The first kappa shape index (κ1) is 8.68. The van der Waals surface area contributed by atoms with Crippen molar-refractivity contribution in [1.29, 1.82) is 0 Å². The zero-order valence-electron chi connectivity index (χ0n) is 4.49. The molecule has 0 aromatic carbocycles. The van der Waals surface area contributed by atoms with Crippen molar-refractivity contribution in [2.75, 3.05) is 13.3 Å². The molecule has 0 aromatic heterocycles. The first-order chi connectivity index (χ1) is 4.18. The minimum atomic E-state index is -3.18. The Labute approximate surface area is 49.6 Å². The lowest BCUT2D eigenvalue weighted by Crippen LogP contribution is -2.17. The van der Waals surface area contributed by atoms with Gasteiger partial charge in [-0.05, 0) is 0 Å². The Hall–Kier alpha value is -0.320. The second-order valence-corrected chi connectivity index (χ2v) is 1.25. The maximum Gasteiger partial charge on any atom is 0.293 e. The molecule has 0 fully saturated rings. The van der Waals surface area contributed by atoms with Crippen molar-refractivity contribution >= 4 is 0 Å². The first-order valence-corrected chi connectivity index (χ1v) is 2.28.